The van der Waals surface area contributed by atoms with Crippen molar-refractivity contribution in [2.45, 2.75) is 19.4 Å². The first kappa shape index (κ1) is 13.3. The third-order valence-corrected chi connectivity index (χ3v) is 2.83. The van der Waals surface area contributed by atoms with Gasteiger partial charge in [-0.05, 0) is 43.2 Å². The van der Waals surface area contributed by atoms with E-state index in [2.05, 4.69) is 11.8 Å². The van der Waals surface area contributed by atoms with Crippen molar-refractivity contribution in [3.8, 4) is 11.8 Å². The van der Waals surface area contributed by atoms with Gasteiger partial charge in [-0.25, -0.2) is 4.39 Å². The van der Waals surface area contributed by atoms with Crippen molar-refractivity contribution in [1.82, 2.24) is 0 Å². The van der Waals surface area contributed by atoms with Crippen LogP contribution in [0.1, 0.15) is 23.6 Å². The SMILES string of the molecule is Cc1cc(F)cc(C#CC(C)(O)c2ccccc2)c1. The molecule has 96 valence electrons. The van der Waals surface area contributed by atoms with Crippen LogP contribution in [0.25, 0.3) is 0 Å². The molecule has 1 N–H and O–H groups in total. The monoisotopic (exact) mass is 254 g/mol. The minimum atomic E-state index is -1.25. The van der Waals surface area contributed by atoms with E-state index in [-0.39, 0.29) is 5.82 Å². The van der Waals surface area contributed by atoms with E-state index in [0.717, 1.165) is 11.1 Å². The molecule has 1 unspecified atom stereocenters. The van der Waals surface area contributed by atoms with E-state index >= 15 is 0 Å². The minimum absolute atomic E-state index is 0.316. The Balaban J connectivity index is 2.33. The Morgan fingerprint density at radius 1 is 1.11 bits per heavy atom. The van der Waals surface area contributed by atoms with Crippen molar-refractivity contribution in [3.63, 3.8) is 0 Å². The fraction of sp³-hybridized carbons (Fsp3) is 0.176. The first-order chi connectivity index (χ1) is 8.97. The number of hydrogen-bond acceptors (Lipinski definition) is 1. The summed E-state index contributed by atoms with van der Waals surface area (Å²) in [5, 5.41) is 10.3. The Hall–Kier alpha value is -2.11. The number of rotatable bonds is 1. The zero-order valence-electron chi connectivity index (χ0n) is 10.9. The van der Waals surface area contributed by atoms with Gasteiger partial charge in [-0.3, -0.25) is 0 Å². The molecular formula is C17H15FO. The van der Waals surface area contributed by atoms with Crippen molar-refractivity contribution >= 4 is 0 Å². The van der Waals surface area contributed by atoms with Gasteiger partial charge in [-0.1, -0.05) is 42.2 Å². The summed E-state index contributed by atoms with van der Waals surface area (Å²) in [6.45, 7) is 3.44. The lowest BCUT2D eigenvalue weighted by molar-refractivity contribution is 0.122. The summed E-state index contributed by atoms with van der Waals surface area (Å²) in [6.07, 6.45) is 0. The second-order valence-corrected chi connectivity index (χ2v) is 4.71. The molecule has 0 aliphatic rings. The molecule has 0 heterocycles. The summed E-state index contributed by atoms with van der Waals surface area (Å²) < 4.78 is 13.2. The summed E-state index contributed by atoms with van der Waals surface area (Å²) >= 11 is 0. The third-order valence-electron chi connectivity index (χ3n) is 2.83. The summed E-state index contributed by atoms with van der Waals surface area (Å²) in [6, 6.07) is 13.8. The molecule has 0 aliphatic carbocycles. The second-order valence-electron chi connectivity index (χ2n) is 4.71. The van der Waals surface area contributed by atoms with Crippen LogP contribution >= 0.6 is 0 Å². The zero-order valence-corrected chi connectivity index (χ0v) is 10.9. The van der Waals surface area contributed by atoms with Gasteiger partial charge in [-0.2, -0.15) is 0 Å². The molecule has 19 heavy (non-hydrogen) atoms. The minimum Gasteiger partial charge on any atom is -0.374 e. The fourth-order valence-corrected chi connectivity index (χ4v) is 1.84. The molecule has 2 aromatic rings. The van der Waals surface area contributed by atoms with Gasteiger partial charge in [0.2, 0.25) is 0 Å². The summed E-state index contributed by atoms with van der Waals surface area (Å²) in [4.78, 5) is 0. The highest BCUT2D eigenvalue weighted by molar-refractivity contribution is 5.41. The summed E-state index contributed by atoms with van der Waals surface area (Å²) in [5.41, 5.74) is 0.842. The maximum Gasteiger partial charge on any atom is 0.148 e. The van der Waals surface area contributed by atoms with Crippen LogP contribution in [0.2, 0.25) is 0 Å². The normalized spacial score (nSPS) is 13.3. The Kier molecular flexibility index (Phi) is 3.69. The maximum atomic E-state index is 13.2. The van der Waals surface area contributed by atoms with Gasteiger partial charge in [0.1, 0.15) is 11.4 Å². The lowest BCUT2D eigenvalue weighted by atomic mass is 9.96. The molecule has 0 fully saturated rings. The lowest BCUT2D eigenvalue weighted by Crippen LogP contribution is -2.18. The molecule has 0 spiro atoms. The first-order valence-corrected chi connectivity index (χ1v) is 6.06. The van der Waals surface area contributed by atoms with Crippen LogP contribution in [0.4, 0.5) is 4.39 Å². The van der Waals surface area contributed by atoms with Crippen LogP contribution in [-0.4, -0.2) is 5.11 Å². The molecule has 0 amide bonds. The first-order valence-electron chi connectivity index (χ1n) is 6.06. The highest BCUT2D eigenvalue weighted by Gasteiger charge is 2.19. The fourth-order valence-electron chi connectivity index (χ4n) is 1.84. The quantitative estimate of drug-likeness (QED) is 0.773. The number of halogens is 1. The van der Waals surface area contributed by atoms with E-state index in [4.69, 9.17) is 0 Å². The van der Waals surface area contributed by atoms with E-state index in [1.54, 1.807) is 13.0 Å². The van der Waals surface area contributed by atoms with Crippen molar-refractivity contribution < 1.29 is 9.50 Å². The Morgan fingerprint density at radius 2 is 1.79 bits per heavy atom. The Bertz CT molecular complexity index is 613. The van der Waals surface area contributed by atoms with Crippen LogP contribution in [0.5, 0.6) is 0 Å². The van der Waals surface area contributed by atoms with E-state index in [9.17, 15) is 9.50 Å². The third kappa shape index (κ3) is 3.43. The highest BCUT2D eigenvalue weighted by Crippen LogP contribution is 2.19. The topological polar surface area (TPSA) is 20.2 Å². The summed E-state index contributed by atoms with van der Waals surface area (Å²) in [5.74, 6) is 5.29. The van der Waals surface area contributed by atoms with Gasteiger partial charge < -0.3 is 5.11 Å². The molecule has 0 saturated heterocycles. The second kappa shape index (κ2) is 5.26. The van der Waals surface area contributed by atoms with E-state index < -0.39 is 5.60 Å². The van der Waals surface area contributed by atoms with E-state index in [0.29, 0.717) is 5.56 Å². The standard InChI is InChI=1S/C17H15FO/c1-13-10-14(12-16(18)11-13)8-9-17(2,19)15-6-4-3-5-7-15/h3-7,10-12,19H,1-2H3. The van der Waals surface area contributed by atoms with Crippen LogP contribution in [0.15, 0.2) is 48.5 Å². The van der Waals surface area contributed by atoms with Crippen molar-refractivity contribution in [1.29, 1.82) is 0 Å². The van der Waals surface area contributed by atoms with Crippen molar-refractivity contribution in [2.24, 2.45) is 0 Å². The number of benzene rings is 2. The molecular weight excluding hydrogens is 239 g/mol. The summed E-state index contributed by atoms with van der Waals surface area (Å²) in [7, 11) is 0. The average molecular weight is 254 g/mol. The average Bonchev–Trinajstić information content (AvgIpc) is 2.37. The number of aliphatic hydroxyl groups is 1. The number of aryl methyl sites for hydroxylation is 1. The molecule has 2 aromatic carbocycles. The maximum absolute atomic E-state index is 13.2. The molecule has 1 atom stereocenters. The van der Waals surface area contributed by atoms with Crippen LogP contribution < -0.4 is 0 Å². The van der Waals surface area contributed by atoms with Crippen molar-refractivity contribution in [3.05, 3.63) is 71.0 Å². The van der Waals surface area contributed by atoms with Gasteiger partial charge in [0.25, 0.3) is 0 Å². The van der Waals surface area contributed by atoms with E-state index in [1.807, 2.05) is 37.3 Å². The van der Waals surface area contributed by atoms with Crippen LogP contribution in [-0.2, 0) is 5.60 Å². The lowest BCUT2D eigenvalue weighted by Gasteiger charge is -2.16. The Labute approximate surface area is 112 Å². The highest BCUT2D eigenvalue weighted by atomic mass is 19.1. The zero-order chi connectivity index (χ0) is 13.9. The van der Waals surface area contributed by atoms with Gasteiger partial charge in [0.15, 0.2) is 0 Å². The predicted molar refractivity (Wildman–Crippen MR) is 74.0 cm³/mol. The molecule has 0 saturated carbocycles. The van der Waals surface area contributed by atoms with Gasteiger partial charge in [-0.15, -0.1) is 0 Å². The van der Waals surface area contributed by atoms with Crippen LogP contribution in [0.3, 0.4) is 0 Å². The van der Waals surface area contributed by atoms with Crippen LogP contribution in [0, 0.1) is 24.6 Å². The molecule has 2 rings (SSSR count). The molecule has 0 radical (unpaired) electrons. The molecule has 0 aromatic heterocycles. The Morgan fingerprint density at radius 3 is 2.42 bits per heavy atom. The van der Waals surface area contributed by atoms with Gasteiger partial charge in [0.05, 0.1) is 0 Å². The molecule has 0 aliphatic heterocycles. The largest absolute Gasteiger partial charge is 0.374 e. The van der Waals surface area contributed by atoms with Gasteiger partial charge >= 0.3 is 0 Å². The molecule has 2 heteroatoms. The molecule has 1 nitrogen and oxygen atoms in total. The van der Waals surface area contributed by atoms with Gasteiger partial charge in [0, 0.05) is 5.56 Å². The van der Waals surface area contributed by atoms with E-state index in [1.165, 1.54) is 12.1 Å². The predicted octanol–water partition coefficient (Wildman–Crippen LogP) is 3.39. The smallest absolute Gasteiger partial charge is 0.148 e. The number of hydrogen-bond donors (Lipinski definition) is 1. The molecule has 0 bridgehead atoms. The van der Waals surface area contributed by atoms with Crippen molar-refractivity contribution in [2.75, 3.05) is 0 Å².